The molecule has 0 unspecified atom stereocenters. The summed E-state index contributed by atoms with van der Waals surface area (Å²) in [7, 11) is -4.42. The van der Waals surface area contributed by atoms with Crippen molar-refractivity contribution in [2.45, 2.75) is 124 Å². The molecule has 0 bridgehead atoms. The Labute approximate surface area is 322 Å². The fourth-order valence-corrected chi connectivity index (χ4v) is 8.42. The van der Waals surface area contributed by atoms with Crippen LogP contribution in [-0.2, 0) is 42.4 Å². The Morgan fingerprint density at radius 3 is 2.20 bits per heavy atom. The lowest BCUT2D eigenvalue weighted by atomic mass is 9.72. The lowest BCUT2D eigenvalue weighted by Gasteiger charge is -2.37. The van der Waals surface area contributed by atoms with Gasteiger partial charge in [-0.15, -0.1) is 0 Å². The largest absolute Gasteiger partial charge is 0.461 e. The zero-order chi connectivity index (χ0) is 40.3. The van der Waals surface area contributed by atoms with Gasteiger partial charge in [-0.05, 0) is 75.1 Å². The van der Waals surface area contributed by atoms with Gasteiger partial charge in [0.15, 0.2) is 18.0 Å². The zero-order valence-corrected chi connectivity index (χ0v) is 34.1. The molecule has 55 heavy (non-hydrogen) atoms. The average molecular weight is 786 g/mol. The molecule has 0 radical (unpaired) electrons. The van der Waals surface area contributed by atoms with Gasteiger partial charge in [-0.25, -0.2) is 14.1 Å². The van der Waals surface area contributed by atoms with Crippen LogP contribution in [0, 0.1) is 23.2 Å². The van der Waals surface area contributed by atoms with Crippen molar-refractivity contribution in [1.29, 1.82) is 0 Å². The van der Waals surface area contributed by atoms with Crippen LogP contribution in [0.1, 0.15) is 99.8 Å². The van der Waals surface area contributed by atoms with Gasteiger partial charge < -0.3 is 29.2 Å². The highest BCUT2D eigenvalue weighted by molar-refractivity contribution is 7.52. The number of carbonyl (C=O) groups excluding carboxylic acids is 3. The zero-order valence-electron chi connectivity index (χ0n) is 33.2. The number of benzene rings is 1. The number of carbonyl (C=O) groups is 3. The fourth-order valence-electron chi connectivity index (χ4n) is 6.84. The van der Waals surface area contributed by atoms with Gasteiger partial charge in [0.2, 0.25) is 0 Å². The molecule has 6 atom stereocenters. The van der Waals surface area contributed by atoms with Crippen LogP contribution >= 0.6 is 7.75 Å². The molecule has 3 aromatic rings. The van der Waals surface area contributed by atoms with Gasteiger partial charge >= 0.3 is 25.7 Å². The number of anilines is 1. The van der Waals surface area contributed by atoms with Gasteiger partial charge in [0.05, 0.1) is 24.1 Å². The molecular formula is C39H56N5O10P. The van der Waals surface area contributed by atoms with Gasteiger partial charge in [-0.3, -0.25) is 18.9 Å². The second-order valence-electron chi connectivity index (χ2n) is 16.4. The van der Waals surface area contributed by atoms with Crippen molar-refractivity contribution >= 4 is 37.0 Å². The first kappa shape index (κ1) is 42.1. The molecule has 0 spiro atoms. The lowest BCUT2D eigenvalue weighted by molar-refractivity contribution is -0.175. The summed E-state index contributed by atoms with van der Waals surface area (Å²) in [6.07, 6.45) is 0.833. The Kier molecular flexibility index (Phi) is 13.0. The Morgan fingerprint density at radius 2 is 1.58 bits per heavy atom. The van der Waals surface area contributed by atoms with Crippen LogP contribution in [-0.4, -0.2) is 69.1 Å². The Hall–Kier alpha value is -4.04. The van der Waals surface area contributed by atoms with Crippen LogP contribution in [0.4, 0.5) is 5.82 Å². The number of fused-ring (bicyclic) bond motifs is 1. The maximum Gasteiger partial charge on any atom is 0.459 e. The molecule has 16 heteroatoms. The second-order valence-corrected chi connectivity index (χ2v) is 18.1. The Bertz CT molecular complexity index is 1860. The monoisotopic (exact) mass is 785 g/mol. The van der Waals surface area contributed by atoms with Gasteiger partial charge in [0.25, 0.3) is 0 Å². The number of nitrogen functional groups attached to an aromatic ring is 1. The summed E-state index contributed by atoms with van der Waals surface area (Å²) in [5.74, 6) is -1.91. The van der Waals surface area contributed by atoms with Crippen molar-refractivity contribution in [3.8, 4) is 5.75 Å². The lowest BCUT2D eigenvalue weighted by Crippen LogP contribution is -2.49. The molecule has 1 aromatic carbocycles. The number of nitrogens with two attached hydrogens (primary N) is 1. The van der Waals surface area contributed by atoms with Crippen LogP contribution in [0.2, 0.25) is 0 Å². The predicted octanol–water partition coefficient (Wildman–Crippen LogP) is 6.61. The Morgan fingerprint density at radius 1 is 0.945 bits per heavy atom. The van der Waals surface area contributed by atoms with Crippen LogP contribution in [0.5, 0.6) is 5.75 Å². The minimum absolute atomic E-state index is 0.169. The quantitative estimate of drug-likeness (QED) is 0.101. The van der Waals surface area contributed by atoms with E-state index in [2.05, 4.69) is 35.9 Å². The van der Waals surface area contributed by atoms with Crippen LogP contribution in [0.25, 0.3) is 5.52 Å². The van der Waals surface area contributed by atoms with Gasteiger partial charge in [-0.1, -0.05) is 66.7 Å². The van der Waals surface area contributed by atoms with E-state index >= 15 is 0 Å². The molecule has 1 saturated carbocycles. The van der Waals surface area contributed by atoms with E-state index < -0.39 is 74.1 Å². The highest BCUT2D eigenvalue weighted by atomic mass is 31.2. The molecule has 2 fully saturated rings. The first-order chi connectivity index (χ1) is 25.8. The fraction of sp³-hybridized carbons (Fsp3) is 0.615. The number of ether oxygens (including phenoxy) is 4. The maximum atomic E-state index is 14.7. The average Bonchev–Trinajstić information content (AvgIpc) is 3.67. The molecule has 1 saturated heterocycles. The molecule has 2 aliphatic rings. The van der Waals surface area contributed by atoms with E-state index in [9.17, 15) is 18.9 Å². The summed E-state index contributed by atoms with van der Waals surface area (Å²) < 4.78 is 52.9. The second kappa shape index (κ2) is 17.0. The molecule has 0 amide bonds. The number of esters is 3. The van der Waals surface area contributed by atoms with E-state index in [4.69, 9.17) is 33.7 Å². The van der Waals surface area contributed by atoms with Crippen molar-refractivity contribution in [3.05, 3.63) is 54.5 Å². The first-order valence-corrected chi connectivity index (χ1v) is 20.5. The summed E-state index contributed by atoms with van der Waals surface area (Å²) in [5, 5.41) is 7.10. The first-order valence-electron chi connectivity index (χ1n) is 18.9. The van der Waals surface area contributed by atoms with E-state index in [1.807, 2.05) is 0 Å². The van der Waals surface area contributed by atoms with Crippen LogP contribution < -0.4 is 15.3 Å². The van der Waals surface area contributed by atoms with Gasteiger partial charge in [0, 0.05) is 0 Å². The summed E-state index contributed by atoms with van der Waals surface area (Å²) in [6, 6.07) is 10.6. The highest BCUT2D eigenvalue weighted by Crippen LogP contribution is 2.50. The van der Waals surface area contributed by atoms with E-state index in [1.54, 1.807) is 77.1 Å². The molecular weight excluding hydrogens is 729 g/mol. The van der Waals surface area contributed by atoms with E-state index in [0.29, 0.717) is 17.1 Å². The molecule has 3 heterocycles. The molecule has 1 aliphatic carbocycles. The number of rotatable bonds is 14. The maximum absolute atomic E-state index is 14.7. The van der Waals surface area contributed by atoms with E-state index in [0.717, 1.165) is 25.7 Å². The summed E-state index contributed by atoms with van der Waals surface area (Å²) in [6.45, 7) is 16.0. The number of hydrogen-bond acceptors (Lipinski definition) is 13. The number of hydrogen-bond donors (Lipinski definition) is 2. The summed E-state index contributed by atoms with van der Waals surface area (Å²) in [5.41, 5.74) is 5.59. The molecule has 2 aromatic heterocycles. The van der Waals surface area contributed by atoms with Crippen molar-refractivity contribution in [3.63, 3.8) is 0 Å². The molecule has 302 valence electrons. The summed E-state index contributed by atoms with van der Waals surface area (Å²) >= 11 is 0. The third-order valence-electron chi connectivity index (χ3n) is 10.2. The number of nitrogens with one attached hydrogen (secondary N) is 1. The molecule has 5 rings (SSSR count). The van der Waals surface area contributed by atoms with Crippen molar-refractivity contribution in [2.24, 2.45) is 23.2 Å². The van der Waals surface area contributed by atoms with Crippen LogP contribution in [0.15, 0.2) is 48.8 Å². The van der Waals surface area contributed by atoms with Crippen LogP contribution in [0.3, 0.4) is 0 Å². The normalized spacial score (nSPS) is 26.1. The standard InChI is InChI=1S/C39H56N5O10P/c1-23(2)35(45)51-32-31(29-19-20-30-34(40)41-22-42-44(29)30)53-39(9,33(32)52-36(46)24(3)4)21-49-55(48,54-28-13-11-10-12-14-28)43-25(5)37(47)50-27-17-15-26(16-18-27)38(6,7)8/h10-14,19-20,22-27,31-33H,15-18,21H2,1-9H3,(H,43,48)(H2,40,41,42)/t25-,26-,27-,31-,32-,33-,39+,55-/m0/s1. The van der Waals surface area contributed by atoms with Crippen molar-refractivity contribution in [1.82, 2.24) is 19.7 Å². The number of aromatic nitrogens is 3. The third-order valence-corrected chi connectivity index (χ3v) is 11.8. The highest BCUT2D eigenvalue weighted by Gasteiger charge is 2.59. The predicted molar refractivity (Wildman–Crippen MR) is 204 cm³/mol. The number of para-hydroxylation sites is 1. The summed E-state index contributed by atoms with van der Waals surface area (Å²) in [4.78, 5) is 43.9. The van der Waals surface area contributed by atoms with Crippen molar-refractivity contribution in [2.75, 3.05) is 12.3 Å². The van der Waals surface area contributed by atoms with Crippen molar-refractivity contribution < 1.29 is 46.9 Å². The third kappa shape index (κ3) is 10.0. The van der Waals surface area contributed by atoms with E-state index in [-0.39, 0.29) is 23.1 Å². The van der Waals surface area contributed by atoms with Gasteiger partial charge in [0.1, 0.15) is 41.4 Å². The SMILES string of the molecule is CC(C)C(=O)O[C@H]1[C@H](c2ccc3c(N)ncnn23)O[C@](C)(CO[P@@](=O)(N[C@@H](C)C(=O)O[C@H]2CC[C@H](C(C)(C)C)CC2)Oc2ccccc2)[C@H]1OC(=O)C(C)C. The minimum Gasteiger partial charge on any atom is -0.461 e. The van der Waals surface area contributed by atoms with E-state index in [1.165, 1.54) is 17.8 Å². The minimum atomic E-state index is -4.42. The topological polar surface area (TPSA) is 192 Å². The molecule has 3 N–H and O–H groups in total. The smallest absolute Gasteiger partial charge is 0.459 e. The molecule has 15 nitrogen and oxygen atoms in total. The van der Waals surface area contributed by atoms with Gasteiger partial charge in [-0.2, -0.15) is 10.2 Å². The molecule has 1 aliphatic heterocycles. The number of nitrogens with zero attached hydrogens (tertiary/aromatic N) is 3. The Balaban J connectivity index is 1.44.